The SMILES string of the molecule is CCOc1cc(C)c(C(CCN)C2CC2)cc1Cl. The second-order valence-corrected chi connectivity index (χ2v) is 5.50. The molecule has 1 aromatic carbocycles. The first kappa shape index (κ1) is 13.7. The fourth-order valence-corrected chi connectivity index (χ4v) is 2.89. The van der Waals surface area contributed by atoms with Crippen molar-refractivity contribution in [3.05, 3.63) is 28.3 Å². The van der Waals surface area contributed by atoms with Crippen molar-refractivity contribution in [3.63, 3.8) is 0 Å². The number of halogens is 1. The number of benzene rings is 1. The number of rotatable bonds is 6. The molecule has 1 atom stereocenters. The fraction of sp³-hybridized carbons (Fsp3) is 0.600. The molecular formula is C15H22ClNO. The van der Waals surface area contributed by atoms with Crippen LogP contribution in [-0.2, 0) is 0 Å². The molecule has 0 spiro atoms. The average molecular weight is 268 g/mol. The van der Waals surface area contributed by atoms with Gasteiger partial charge in [0.15, 0.2) is 0 Å². The first-order chi connectivity index (χ1) is 8.67. The molecule has 0 heterocycles. The predicted octanol–water partition coefficient (Wildman–Crippen LogP) is 3.89. The van der Waals surface area contributed by atoms with E-state index in [0.29, 0.717) is 12.5 Å². The first-order valence-electron chi connectivity index (χ1n) is 6.80. The molecule has 100 valence electrons. The van der Waals surface area contributed by atoms with Gasteiger partial charge in [-0.25, -0.2) is 0 Å². The molecular weight excluding hydrogens is 246 g/mol. The second kappa shape index (κ2) is 5.94. The van der Waals surface area contributed by atoms with Crippen LogP contribution in [0.4, 0.5) is 0 Å². The lowest BCUT2D eigenvalue weighted by atomic mass is 9.88. The van der Waals surface area contributed by atoms with Crippen molar-refractivity contribution in [2.24, 2.45) is 11.7 Å². The molecule has 1 aliphatic carbocycles. The van der Waals surface area contributed by atoms with Crippen molar-refractivity contribution >= 4 is 11.6 Å². The van der Waals surface area contributed by atoms with Crippen molar-refractivity contribution in [2.45, 2.75) is 39.0 Å². The zero-order valence-corrected chi connectivity index (χ0v) is 12.0. The van der Waals surface area contributed by atoms with E-state index in [-0.39, 0.29) is 0 Å². The van der Waals surface area contributed by atoms with Crippen LogP contribution in [0.15, 0.2) is 12.1 Å². The van der Waals surface area contributed by atoms with E-state index in [1.807, 2.05) is 6.92 Å². The summed E-state index contributed by atoms with van der Waals surface area (Å²) in [5, 5.41) is 0.722. The van der Waals surface area contributed by atoms with Gasteiger partial charge in [0.05, 0.1) is 11.6 Å². The molecule has 1 aliphatic rings. The molecule has 0 saturated heterocycles. The minimum atomic E-state index is 0.572. The third-order valence-electron chi connectivity index (χ3n) is 3.69. The molecule has 0 aliphatic heterocycles. The Kier molecular flexibility index (Phi) is 4.52. The molecule has 2 N–H and O–H groups in total. The minimum Gasteiger partial charge on any atom is -0.492 e. The van der Waals surface area contributed by atoms with Crippen LogP contribution in [0.3, 0.4) is 0 Å². The van der Waals surface area contributed by atoms with E-state index in [0.717, 1.165) is 29.7 Å². The van der Waals surface area contributed by atoms with Gasteiger partial charge in [-0.1, -0.05) is 11.6 Å². The number of hydrogen-bond acceptors (Lipinski definition) is 2. The molecule has 0 bridgehead atoms. The lowest BCUT2D eigenvalue weighted by Crippen LogP contribution is -2.10. The topological polar surface area (TPSA) is 35.2 Å². The highest BCUT2D eigenvalue weighted by Gasteiger charge is 2.32. The van der Waals surface area contributed by atoms with Crippen LogP contribution in [-0.4, -0.2) is 13.2 Å². The maximum atomic E-state index is 6.29. The van der Waals surface area contributed by atoms with Gasteiger partial charge in [-0.15, -0.1) is 0 Å². The summed E-state index contributed by atoms with van der Waals surface area (Å²) in [5.41, 5.74) is 8.37. The summed E-state index contributed by atoms with van der Waals surface area (Å²) in [6.45, 7) is 5.50. The second-order valence-electron chi connectivity index (χ2n) is 5.09. The summed E-state index contributed by atoms with van der Waals surface area (Å²) in [4.78, 5) is 0. The molecule has 2 rings (SSSR count). The number of ether oxygens (including phenoxy) is 1. The van der Waals surface area contributed by atoms with Gasteiger partial charge in [0, 0.05) is 0 Å². The van der Waals surface area contributed by atoms with Gasteiger partial charge in [0.25, 0.3) is 0 Å². The van der Waals surface area contributed by atoms with Gasteiger partial charge in [0.1, 0.15) is 5.75 Å². The summed E-state index contributed by atoms with van der Waals surface area (Å²) in [6.07, 6.45) is 3.71. The quantitative estimate of drug-likeness (QED) is 0.849. The van der Waals surface area contributed by atoms with Crippen LogP contribution in [0, 0.1) is 12.8 Å². The molecule has 2 nitrogen and oxygen atoms in total. The summed E-state index contributed by atoms with van der Waals surface area (Å²) in [6, 6.07) is 4.15. The van der Waals surface area contributed by atoms with Crippen molar-refractivity contribution in [1.29, 1.82) is 0 Å². The maximum Gasteiger partial charge on any atom is 0.138 e. The number of hydrogen-bond donors (Lipinski definition) is 1. The van der Waals surface area contributed by atoms with Crippen LogP contribution < -0.4 is 10.5 Å². The van der Waals surface area contributed by atoms with Gasteiger partial charge in [-0.3, -0.25) is 0 Å². The van der Waals surface area contributed by atoms with Crippen LogP contribution in [0.25, 0.3) is 0 Å². The Morgan fingerprint density at radius 3 is 2.72 bits per heavy atom. The Morgan fingerprint density at radius 1 is 1.44 bits per heavy atom. The molecule has 1 unspecified atom stereocenters. The average Bonchev–Trinajstić information content (AvgIpc) is 3.15. The molecule has 0 radical (unpaired) electrons. The Morgan fingerprint density at radius 2 is 2.17 bits per heavy atom. The van der Waals surface area contributed by atoms with E-state index in [1.54, 1.807) is 0 Å². The summed E-state index contributed by atoms with van der Waals surface area (Å²) in [7, 11) is 0. The Hall–Kier alpha value is -0.730. The van der Waals surface area contributed by atoms with E-state index in [4.69, 9.17) is 22.1 Å². The van der Waals surface area contributed by atoms with Crippen LogP contribution in [0.5, 0.6) is 5.75 Å². The molecule has 1 aromatic rings. The van der Waals surface area contributed by atoms with Crippen molar-refractivity contribution in [3.8, 4) is 5.75 Å². The van der Waals surface area contributed by atoms with E-state index in [9.17, 15) is 0 Å². The van der Waals surface area contributed by atoms with Gasteiger partial charge < -0.3 is 10.5 Å². The molecule has 3 heteroatoms. The summed E-state index contributed by atoms with van der Waals surface area (Å²) >= 11 is 6.29. The van der Waals surface area contributed by atoms with E-state index >= 15 is 0 Å². The fourth-order valence-electron chi connectivity index (χ4n) is 2.66. The Labute approximate surface area is 114 Å². The lowest BCUT2D eigenvalue weighted by molar-refractivity contribution is 0.340. The van der Waals surface area contributed by atoms with Crippen LogP contribution in [0.1, 0.15) is 43.2 Å². The molecule has 18 heavy (non-hydrogen) atoms. The largest absolute Gasteiger partial charge is 0.492 e. The van der Waals surface area contributed by atoms with Gasteiger partial charge in [-0.2, -0.15) is 0 Å². The minimum absolute atomic E-state index is 0.572. The summed E-state index contributed by atoms with van der Waals surface area (Å²) in [5.74, 6) is 2.17. The van der Waals surface area contributed by atoms with Crippen molar-refractivity contribution < 1.29 is 4.74 Å². The van der Waals surface area contributed by atoms with Crippen LogP contribution >= 0.6 is 11.6 Å². The highest BCUT2D eigenvalue weighted by Crippen LogP contribution is 2.46. The lowest BCUT2D eigenvalue weighted by Gasteiger charge is -2.20. The van der Waals surface area contributed by atoms with E-state index in [1.165, 1.54) is 24.0 Å². The number of nitrogens with two attached hydrogens (primary N) is 1. The normalized spacial score (nSPS) is 16.7. The van der Waals surface area contributed by atoms with Gasteiger partial charge >= 0.3 is 0 Å². The standard InChI is InChI=1S/C15H22ClNO/c1-3-18-15-8-10(2)13(9-14(15)16)12(6-7-17)11-4-5-11/h8-9,11-12H,3-7,17H2,1-2H3. The maximum absolute atomic E-state index is 6.29. The molecule has 1 fully saturated rings. The predicted molar refractivity (Wildman–Crippen MR) is 76.5 cm³/mol. The third-order valence-corrected chi connectivity index (χ3v) is 3.98. The number of aryl methyl sites for hydroxylation is 1. The van der Waals surface area contributed by atoms with E-state index in [2.05, 4.69) is 19.1 Å². The van der Waals surface area contributed by atoms with Crippen LogP contribution in [0.2, 0.25) is 5.02 Å². The molecule has 0 aromatic heterocycles. The molecule has 0 amide bonds. The Balaban J connectivity index is 2.28. The van der Waals surface area contributed by atoms with Gasteiger partial charge in [-0.05, 0) is 74.8 Å². The van der Waals surface area contributed by atoms with Crippen molar-refractivity contribution in [2.75, 3.05) is 13.2 Å². The molecule has 1 saturated carbocycles. The van der Waals surface area contributed by atoms with Gasteiger partial charge in [0.2, 0.25) is 0 Å². The Bertz CT molecular complexity index is 415. The van der Waals surface area contributed by atoms with E-state index < -0.39 is 0 Å². The highest BCUT2D eigenvalue weighted by atomic mass is 35.5. The smallest absolute Gasteiger partial charge is 0.138 e. The van der Waals surface area contributed by atoms with Crippen molar-refractivity contribution in [1.82, 2.24) is 0 Å². The zero-order chi connectivity index (χ0) is 13.1. The highest BCUT2D eigenvalue weighted by molar-refractivity contribution is 6.32. The monoisotopic (exact) mass is 267 g/mol. The summed E-state index contributed by atoms with van der Waals surface area (Å²) < 4.78 is 5.53. The third kappa shape index (κ3) is 2.99. The first-order valence-corrected chi connectivity index (χ1v) is 7.18. The zero-order valence-electron chi connectivity index (χ0n) is 11.2.